The number of hydrogen-bond donors (Lipinski definition) is 0. The minimum atomic E-state index is -0.925. The maximum atomic E-state index is 12.9. The van der Waals surface area contributed by atoms with Crippen LogP contribution in [0.2, 0.25) is 0 Å². The van der Waals surface area contributed by atoms with Crippen molar-refractivity contribution in [2.45, 2.75) is 31.7 Å². The summed E-state index contributed by atoms with van der Waals surface area (Å²) in [5.74, 6) is -1.33. The summed E-state index contributed by atoms with van der Waals surface area (Å²) in [4.78, 5) is 52.0. The van der Waals surface area contributed by atoms with Crippen molar-refractivity contribution in [2.75, 3.05) is 0 Å². The van der Waals surface area contributed by atoms with Crippen LogP contribution in [0.15, 0.2) is 66.2 Å². The number of ketones is 2. The Bertz CT molecular complexity index is 1010. The minimum Gasteiger partial charge on any atom is -0.295 e. The molecule has 0 bridgehead atoms. The molecule has 2 aromatic rings. The predicted octanol–water partition coefficient (Wildman–Crippen LogP) is 2.68. The summed E-state index contributed by atoms with van der Waals surface area (Å²) in [6.45, 7) is 0. The number of Topliss-reactive ketones (excluding diaryl/α,β-unsaturated/α-hetero) is 1. The molecule has 140 valence electrons. The lowest BCUT2D eigenvalue weighted by Gasteiger charge is -2.32. The lowest BCUT2D eigenvalue weighted by Crippen LogP contribution is -2.51. The lowest BCUT2D eigenvalue weighted by atomic mass is 9.95. The van der Waals surface area contributed by atoms with E-state index in [9.17, 15) is 19.2 Å². The van der Waals surface area contributed by atoms with Crippen LogP contribution in [0.4, 0.5) is 0 Å². The molecule has 1 atom stereocenters. The highest BCUT2D eigenvalue weighted by Gasteiger charge is 2.39. The van der Waals surface area contributed by atoms with E-state index in [1.54, 1.807) is 24.3 Å². The molecule has 2 aromatic carbocycles. The molecular weight excluding hydrogens is 354 g/mol. The van der Waals surface area contributed by atoms with Crippen molar-refractivity contribution >= 4 is 23.4 Å². The maximum Gasteiger partial charge on any atom is 0.261 e. The van der Waals surface area contributed by atoms with Crippen molar-refractivity contribution in [1.82, 2.24) is 4.90 Å². The summed E-state index contributed by atoms with van der Waals surface area (Å²) in [5, 5.41) is 0. The van der Waals surface area contributed by atoms with Crippen LogP contribution < -0.4 is 0 Å². The Morgan fingerprint density at radius 1 is 0.893 bits per heavy atom. The number of rotatable bonds is 3. The molecule has 1 aliphatic carbocycles. The fraction of sp³-hybridized carbons (Fsp3) is 0.217. The quantitative estimate of drug-likeness (QED) is 0.776. The Morgan fingerprint density at radius 3 is 2.39 bits per heavy atom. The van der Waals surface area contributed by atoms with Crippen LogP contribution in [0.25, 0.3) is 0 Å². The number of amides is 2. The third-order valence-electron chi connectivity index (χ3n) is 5.27. The molecule has 0 aromatic heterocycles. The van der Waals surface area contributed by atoms with Gasteiger partial charge in [0, 0.05) is 24.0 Å². The highest BCUT2D eigenvalue weighted by atomic mass is 16.2. The molecule has 5 nitrogen and oxygen atoms in total. The Hall–Kier alpha value is -3.34. The molecule has 0 radical (unpaired) electrons. The zero-order valence-electron chi connectivity index (χ0n) is 15.3. The van der Waals surface area contributed by atoms with E-state index in [1.165, 1.54) is 6.08 Å². The van der Waals surface area contributed by atoms with Crippen LogP contribution >= 0.6 is 0 Å². The molecule has 0 saturated carbocycles. The van der Waals surface area contributed by atoms with E-state index in [2.05, 4.69) is 0 Å². The Morgan fingerprint density at radius 2 is 1.61 bits per heavy atom. The second-order valence-electron chi connectivity index (χ2n) is 7.11. The molecule has 2 aliphatic rings. The van der Waals surface area contributed by atoms with Gasteiger partial charge in [0.15, 0.2) is 11.6 Å². The first-order valence-corrected chi connectivity index (χ1v) is 9.30. The van der Waals surface area contributed by atoms with Gasteiger partial charge in [-0.25, -0.2) is 0 Å². The van der Waals surface area contributed by atoms with Crippen LogP contribution in [-0.4, -0.2) is 34.3 Å². The molecule has 0 saturated heterocycles. The number of allylic oxidation sites excluding steroid dienone is 1. The van der Waals surface area contributed by atoms with Crippen molar-refractivity contribution in [3.63, 3.8) is 0 Å². The molecule has 5 heteroatoms. The van der Waals surface area contributed by atoms with Crippen molar-refractivity contribution in [1.29, 1.82) is 0 Å². The standard InChI is InChI=1S/C23H19NO4/c25-20-11-10-19(21(26)13-17(20)12-15-6-2-1-3-7-15)24-22(27)14-16-8-4-5-9-18(16)23(24)28/h1-9,13,19H,10-12,14H2. The van der Waals surface area contributed by atoms with Crippen LogP contribution in [-0.2, 0) is 27.2 Å². The summed E-state index contributed by atoms with van der Waals surface area (Å²) >= 11 is 0. The number of hydrogen-bond acceptors (Lipinski definition) is 4. The molecule has 1 heterocycles. The predicted molar refractivity (Wildman–Crippen MR) is 103 cm³/mol. The summed E-state index contributed by atoms with van der Waals surface area (Å²) in [6, 6.07) is 15.5. The van der Waals surface area contributed by atoms with Gasteiger partial charge >= 0.3 is 0 Å². The summed E-state index contributed by atoms with van der Waals surface area (Å²) < 4.78 is 0. The van der Waals surface area contributed by atoms with Crippen LogP contribution in [0.3, 0.4) is 0 Å². The molecule has 28 heavy (non-hydrogen) atoms. The first kappa shape index (κ1) is 18.0. The number of carbonyl (C=O) groups excluding carboxylic acids is 4. The van der Waals surface area contributed by atoms with Gasteiger partial charge in [0.2, 0.25) is 5.91 Å². The van der Waals surface area contributed by atoms with Gasteiger partial charge in [0.1, 0.15) is 6.04 Å². The highest BCUT2D eigenvalue weighted by Crippen LogP contribution is 2.26. The van der Waals surface area contributed by atoms with Crippen molar-refractivity contribution < 1.29 is 19.2 Å². The first-order valence-electron chi connectivity index (χ1n) is 9.30. The van der Waals surface area contributed by atoms with Crippen LogP contribution in [0, 0.1) is 0 Å². The second kappa shape index (κ2) is 7.35. The van der Waals surface area contributed by atoms with E-state index in [1.807, 2.05) is 30.3 Å². The van der Waals surface area contributed by atoms with Gasteiger partial charge in [-0.1, -0.05) is 48.5 Å². The summed E-state index contributed by atoms with van der Waals surface area (Å²) in [7, 11) is 0. The van der Waals surface area contributed by atoms with Gasteiger partial charge in [0.05, 0.1) is 6.42 Å². The molecule has 0 spiro atoms. The SMILES string of the molecule is O=C1CCC(N2C(=O)Cc3ccccc3C2=O)C(=O)C=C1Cc1ccccc1. The number of carbonyl (C=O) groups is 4. The van der Waals surface area contributed by atoms with Gasteiger partial charge in [-0.15, -0.1) is 0 Å². The van der Waals surface area contributed by atoms with Crippen molar-refractivity contribution in [3.05, 3.63) is 82.9 Å². The van der Waals surface area contributed by atoms with Crippen molar-refractivity contribution in [3.8, 4) is 0 Å². The molecule has 0 fully saturated rings. The Kier molecular flexibility index (Phi) is 4.74. The van der Waals surface area contributed by atoms with Gasteiger partial charge in [0.25, 0.3) is 5.91 Å². The van der Waals surface area contributed by atoms with E-state index in [0.717, 1.165) is 10.5 Å². The zero-order valence-corrected chi connectivity index (χ0v) is 15.3. The second-order valence-corrected chi connectivity index (χ2v) is 7.11. The van der Waals surface area contributed by atoms with Gasteiger partial charge < -0.3 is 0 Å². The molecule has 2 amide bonds. The largest absolute Gasteiger partial charge is 0.295 e. The number of nitrogens with zero attached hydrogens (tertiary/aromatic N) is 1. The third-order valence-corrected chi connectivity index (χ3v) is 5.27. The van der Waals surface area contributed by atoms with Gasteiger partial charge in [-0.2, -0.15) is 0 Å². The number of fused-ring (bicyclic) bond motifs is 1. The number of imide groups is 1. The minimum absolute atomic E-state index is 0.0836. The third kappa shape index (κ3) is 3.31. The summed E-state index contributed by atoms with van der Waals surface area (Å²) in [5.41, 5.74) is 2.48. The van der Waals surface area contributed by atoms with Gasteiger partial charge in [-0.3, -0.25) is 24.1 Å². The fourth-order valence-electron chi connectivity index (χ4n) is 3.83. The monoisotopic (exact) mass is 373 g/mol. The number of benzene rings is 2. The molecular formula is C23H19NO4. The Labute approximate surface area is 162 Å². The van der Waals surface area contributed by atoms with Crippen LogP contribution in [0.5, 0.6) is 0 Å². The molecule has 4 rings (SSSR count). The molecule has 0 N–H and O–H groups in total. The normalized spacial score (nSPS) is 19.9. The summed E-state index contributed by atoms with van der Waals surface area (Å²) in [6.07, 6.45) is 2.07. The highest BCUT2D eigenvalue weighted by molar-refractivity contribution is 6.15. The van der Waals surface area contributed by atoms with E-state index >= 15 is 0 Å². The van der Waals surface area contributed by atoms with Crippen molar-refractivity contribution in [2.24, 2.45) is 0 Å². The average Bonchev–Trinajstić information content (AvgIpc) is 2.82. The molecule has 1 unspecified atom stereocenters. The van der Waals surface area contributed by atoms with E-state index in [0.29, 0.717) is 23.1 Å². The lowest BCUT2D eigenvalue weighted by molar-refractivity contribution is -0.135. The Balaban J connectivity index is 1.63. The topological polar surface area (TPSA) is 71.5 Å². The van der Waals surface area contributed by atoms with Crippen LogP contribution in [0.1, 0.15) is 34.3 Å². The van der Waals surface area contributed by atoms with E-state index in [4.69, 9.17) is 0 Å². The smallest absolute Gasteiger partial charge is 0.261 e. The van der Waals surface area contributed by atoms with E-state index in [-0.39, 0.29) is 30.8 Å². The molecule has 1 aliphatic heterocycles. The first-order chi connectivity index (χ1) is 13.5. The maximum absolute atomic E-state index is 12.9. The fourth-order valence-corrected chi connectivity index (χ4v) is 3.83. The van der Waals surface area contributed by atoms with E-state index < -0.39 is 17.9 Å². The average molecular weight is 373 g/mol. The zero-order chi connectivity index (χ0) is 19.7. The van der Waals surface area contributed by atoms with Gasteiger partial charge in [-0.05, 0) is 29.7 Å².